The molecule has 1 atom stereocenters. The highest BCUT2D eigenvalue weighted by Gasteiger charge is 2.27. The van der Waals surface area contributed by atoms with Gasteiger partial charge in [-0.25, -0.2) is 4.39 Å². The number of furan rings is 1. The van der Waals surface area contributed by atoms with Gasteiger partial charge < -0.3 is 20.0 Å². The van der Waals surface area contributed by atoms with Crippen molar-refractivity contribution in [2.75, 3.05) is 20.1 Å². The number of rotatable bonds is 5. The van der Waals surface area contributed by atoms with Crippen molar-refractivity contribution in [3.8, 4) is 22.5 Å². The van der Waals surface area contributed by atoms with E-state index in [1.165, 1.54) is 19.1 Å². The molecule has 1 saturated heterocycles. The number of carbonyl (C=O) groups excluding carboxylic acids is 3. The molecular formula is C29H26FN3O4. The molecule has 0 bridgehead atoms. The van der Waals surface area contributed by atoms with Gasteiger partial charge in [0.25, 0.3) is 11.8 Å². The number of amides is 3. The van der Waals surface area contributed by atoms with Crippen molar-refractivity contribution in [1.29, 1.82) is 0 Å². The first-order valence-corrected chi connectivity index (χ1v) is 12.1. The second kappa shape index (κ2) is 9.89. The van der Waals surface area contributed by atoms with Crippen LogP contribution in [0, 0.1) is 5.82 Å². The fourth-order valence-corrected chi connectivity index (χ4v) is 4.80. The highest BCUT2D eigenvalue weighted by molar-refractivity contribution is 6.11. The molecule has 1 aliphatic heterocycles. The molecule has 37 heavy (non-hydrogen) atoms. The normalized spacial score (nSPS) is 15.1. The van der Waals surface area contributed by atoms with Gasteiger partial charge in [0.1, 0.15) is 17.2 Å². The quantitative estimate of drug-likeness (QED) is 0.419. The van der Waals surface area contributed by atoms with Crippen molar-refractivity contribution in [2.24, 2.45) is 0 Å². The zero-order valence-electron chi connectivity index (χ0n) is 20.5. The Morgan fingerprint density at radius 3 is 2.43 bits per heavy atom. The van der Waals surface area contributed by atoms with Crippen molar-refractivity contribution < 1.29 is 23.2 Å². The molecule has 3 amide bonds. The highest BCUT2D eigenvalue weighted by atomic mass is 19.1. The molecule has 1 aliphatic rings. The lowest BCUT2D eigenvalue weighted by Gasteiger charge is -2.17. The van der Waals surface area contributed by atoms with Gasteiger partial charge in [-0.1, -0.05) is 18.2 Å². The Kier molecular flexibility index (Phi) is 6.48. The Hall–Kier alpha value is -4.46. The molecule has 0 spiro atoms. The van der Waals surface area contributed by atoms with E-state index < -0.39 is 0 Å². The third kappa shape index (κ3) is 4.82. The van der Waals surface area contributed by atoms with Crippen LogP contribution in [-0.2, 0) is 4.79 Å². The minimum Gasteiger partial charge on any atom is -0.455 e. The van der Waals surface area contributed by atoms with Crippen LogP contribution in [0.5, 0.6) is 0 Å². The lowest BCUT2D eigenvalue weighted by molar-refractivity contribution is -0.119. The van der Waals surface area contributed by atoms with Crippen molar-refractivity contribution in [1.82, 2.24) is 15.5 Å². The summed E-state index contributed by atoms with van der Waals surface area (Å²) in [6.07, 6.45) is 0.723. The van der Waals surface area contributed by atoms with Crippen LogP contribution in [0.15, 0.2) is 71.1 Å². The number of fused-ring (bicyclic) bond motifs is 1. The summed E-state index contributed by atoms with van der Waals surface area (Å²) in [6, 6.07) is 18.6. The summed E-state index contributed by atoms with van der Waals surface area (Å²) in [5, 5.41) is 6.15. The van der Waals surface area contributed by atoms with E-state index in [0.29, 0.717) is 46.5 Å². The second-order valence-corrected chi connectivity index (χ2v) is 9.12. The maximum absolute atomic E-state index is 13.5. The molecule has 7 nitrogen and oxygen atoms in total. The van der Waals surface area contributed by atoms with Gasteiger partial charge in [-0.2, -0.15) is 0 Å². The SMILES string of the molecule is CNC(=O)c1c(-c2ccc(F)cc2)oc2ccc(-c3cccc(C(=O)N4CC[C@H](NC(C)=O)C4)c3)cc12. The number of halogens is 1. The fraction of sp³-hybridized carbons (Fsp3) is 0.207. The highest BCUT2D eigenvalue weighted by Crippen LogP contribution is 2.36. The molecule has 4 aromatic rings. The average molecular weight is 500 g/mol. The first kappa shape index (κ1) is 24.2. The summed E-state index contributed by atoms with van der Waals surface area (Å²) in [5.74, 6) is -0.531. The third-order valence-electron chi connectivity index (χ3n) is 6.57. The molecule has 1 aromatic heterocycles. The van der Waals surface area contributed by atoms with E-state index in [1.54, 1.807) is 36.2 Å². The van der Waals surface area contributed by atoms with Crippen LogP contribution < -0.4 is 10.6 Å². The monoisotopic (exact) mass is 499 g/mol. The molecule has 0 unspecified atom stereocenters. The van der Waals surface area contributed by atoms with E-state index in [9.17, 15) is 18.8 Å². The van der Waals surface area contributed by atoms with Crippen LogP contribution in [0.25, 0.3) is 33.4 Å². The lowest BCUT2D eigenvalue weighted by Crippen LogP contribution is -2.37. The Morgan fingerprint density at radius 1 is 0.973 bits per heavy atom. The number of nitrogens with one attached hydrogen (secondary N) is 2. The Bertz CT molecular complexity index is 1510. The molecule has 0 aliphatic carbocycles. The van der Waals surface area contributed by atoms with Crippen LogP contribution in [0.3, 0.4) is 0 Å². The maximum Gasteiger partial charge on any atom is 0.255 e. The van der Waals surface area contributed by atoms with Crippen LogP contribution in [-0.4, -0.2) is 48.8 Å². The molecule has 5 rings (SSSR count). The van der Waals surface area contributed by atoms with Crippen LogP contribution >= 0.6 is 0 Å². The van der Waals surface area contributed by atoms with E-state index in [-0.39, 0.29) is 29.6 Å². The summed E-state index contributed by atoms with van der Waals surface area (Å²) in [5.41, 5.74) is 3.66. The Balaban J connectivity index is 1.49. The molecular weight excluding hydrogens is 473 g/mol. The molecule has 188 valence electrons. The van der Waals surface area contributed by atoms with Crippen molar-refractivity contribution in [3.05, 3.63) is 83.7 Å². The predicted octanol–water partition coefficient (Wildman–Crippen LogP) is 4.62. The first-order valence-electron chi connectivity index (χ1n) is 12.1. The van der Waals surface area contributed by atoms with Gasteiger partial charge in [0.05, 0.1) is 5.56 Å². The van der Waals surface area contributed by atoms with E-state index in [1.807, 2.05) is 30.3 Å². The van der Waals surface area contributed by atoms with E-state index in [0.717, 1.165) is 17.5 Å². The lowest BCUT2D eigenvalue weighted by atomic mass is 9.99. The van der Waals surface area contributed by atoms with Gasteiger partial charge in [0, 0.05) is 49.6 Å². The molecule has 2 heterocycles. The minimum absolute atomic E-state index is 0.0356. The van der Waals surface area contributed by atoms with Crippen molar-refractivity contribution in [3.63, 3.8) is 0 Å². The standard InChI is InChI=1S/C29H26FN3O4/c1-17(34)32-23-12-13-33(16-23)29(36)21-5-3-4-19(14-21)20-8-11-25-24(15-20)26(28(35)31-2)27(37-25)18-6-9-22(30)10-7-18/h3-11,14-15,23H,12-13,16H2,1-2H3,(H,31,35)(H,32,34)/t23-/m0/s1. The van der Waals surface area contributed by atoms with Crippen molar-refractivity contribution >= 4 is 28.7 Å². The number of hydrogen-bond donors (Lipinski definition) is 2. The van der Waals surface area contributed by atoms with Gasteiger partial charge in [-0.3, -0.25) is 14.4 Å². The van der Waals surface area contributed by atoms with Gasteiger partial charge in [-0.05, 0) is 66.1 Å². The number of benzene rings is 3. The first-order chi connectivity index (χ1) is 17.8. The predicted molar refractivity (Wildman–Crippen MR) is 139 cm³/mol. The van der Waals surface area contributed by atoms with Crippen LogP contribution in [0.4, 0.5) is 4.39 Å². The van der Waals surface area contributed by atoms with Gasteiger partial charge >= 0.3 is 0 Å². The van der Waals surface area contributed by atoms with E-state index in [2.05, 4.69) is 10.6 Å². The summed E-state index contributed by atoms with van der Waals surface area (Å²) in [4.78, 5) is 39.1. The largest absolute Gasteiger partial charge is 0.455 e. The van der Waals surface area contributed by atoms with E-state index in [4.69, 9.17) is 4.42 Å². The van der Waals surface area contributed by atoms with Gasteiger partial charge in [0.2, 0.25) is 5.91 Å². The number of hydrogen-bond acceptors (Lipinski definition) is 4. The van der Waals surface area contributed by atoms with Crippen LogP contribution in [0.2, 0.25) is 0 Å². The molecule has 2 N–H and O–H groups in total. The second-order valence-electron chi connectivity index (χ2n) is 9.12. The maximum atomic E-state index is 13.5. The topological polar surface area (TPSA) is 91.7 Å². The summed E-state index contributed by atoms with van der Waals surface area (Å²) < 4.78 is 19.5. The smallest absolute Gasteiger partial charge is 0.255 e. The third-order valence-corrected chi connectivity index (χ3v) is 6.57. The average Bonchev–Trinajstić information content (AvgIpc) is 3.52. The van der Waals surface area contributed by atoms with Gasteiger partial charge in [0.15, 0.2) is 0 Å². The van der Waals surface area contributed by atoms with E-state index >= 15 is 0 Å². The fourth-order valence-electron chi connectivity index (χ4n) is 4.80. The minimum atomic E-state index is -0.377. The molecule has 0 saturated carbocycles. The summed E-state index contributed by atoms with van der Waals surface area (Å²) in [7, 11) is 1.55. The zero-order valence-corrected chi connectivity index (χ0v) is 20.5. The summed E-state index contributed by atoms with van der Waals surface area (Å²) >= 11 is 0. The summed E-state index contributed by atoms with van der Waals surface area (Å²) in [6.45, 7) is 2.53. The van der Waals surface area contributed by atoms with Crippen molar-refractivity contribution in [2.45, 2.75) is 19.4 Å². The molecule has 8 heteroatoms. The Morgan fingerprint density at radius 2 is 1.70 bits per heavy atom. The number of carbonyl (C=O) groups is 3. The Labute approximate surface area is 213 Å². The zero-order chi connectivity index (χ0) is 26.1. The molecule has 1 fully saturated rings. The molecule has 3 aromatic carbocycles. The van der Waals surface area contributed by atoms with Crippen LogP contribution in [0.1, 0.15) is 34.1 Å². The molecule has 0 radical (unpaired) electrons. The number of nitrogens with zero attached hydrogens (tertiary/aromatic N) is 1. The van der Waals surface area contributed by atoms with Gasteiger partial charge in [-0.15, -0.1) is 0 Å². The number of likely N-dealkylation sites (tertiary alicyclic amines) is 1.